The van der Waals surface area contributed by atoms with Gasteiger partial charge in [-0.2, -0.15) is 0 Å². The summed E-state index contributed by atoms with van der Waals surface area (Å²) in [5, 5.41) is 12.1. The zero-order valence-corrected chi connectivity index (χ0v) is 15.2. The molecular weight excluding hydrogens is 350 g/mol. The van der Waals surface area contributed by atoms with E-state index < -0.39 is 0 Å². The van der Waals surface area contributed by atoms with Crippen molar-refractivity contribution in [3.8, 4) is 11.5 Å². The summed E-state index contributed by atoms with van der Waals surface area (Å²) in [6, 6.07) is 16.5. The van der Waals surface area contributed by atoms with E-state index >= 15 is 0 Å². The molecule has 1 aromatic heterocycles. The molecular formula is C19H19N3O3S. The Bertz CT molecular complexity index is 835. The lowest BCUT2D eigenvalue weighted by molar-refractivity contribution is 0.102. The molecule has 0 unspecified atom stereocenters. The number of anilines is 1. The van der Waals surface area contributed by atoms with Gasteiger partial charge >= 0.3 is 0 Å². The summed E-state index contributed by atoms with van der Waals surface area (Å²) in [7, 11) is 0. The molecule has 0 saturated heterocycles. The van der Waals surface area contributed by atoms with Gasteiger partial charge in [0.25, 0.3) is 5.91 Å². The highest BCUT2D eigenvalue weighted by atomic mass is 32.1. The van der Waals surface area contributed by atoms with Crippen molar-refractivity contribution in [1.82, 2.24) is 10.2 Å². The molecule has 2 aromatic carbocycles. The molecule has 0 fully saturated rings. The molecule has 0 saturated carbocycles. The molecule has 6 nitrogen and oxygen atoms in total. The molecule has 1 amide bonds. The Hall–Kier alpha value is -2.93. The fraction of sp³-hybridized carbons (Fsp3) is 0.211. The Labute approximate surface area is 155 Å². The third kappa shape index (κ3) is 5.03. The van der Waals surface area contributed by atoms with Gasteiger partial charge in [-0.1, -0.05) is 36.5 Å². The normalized spacial score (nSPS) is 10.3. The second kappa shape index (κ2) is 8.96. The summed E-state index contributed by atoms with van der Waals surface area (Å²) < 4.78 is 11.2. The molecule has 0 radical (unpaired) electrons. The van der Waals surface area contributed by atoms with Crippen LogP contribution in [0.2, 0.25) is 0 Å². The minimum Gasteiger partial charge on any atom is -0.490 e. The van der Waals surface area contributed by atoms with Crippen LogP contribution in [-0.4, -0.2) is 29.3 Å². The molecule has 0 aliphatic carbocycles. The molecule has 134 valence electrons. The van der Waals surface area contributed by atoms with E-state index in [0.29, 0.717) is 29.7 Å². The van der Waals surface area contributed by atoms with Crippen LogP contribution in [0.5, 0.6) is 11.5 Å². The van der Waals surface area contributed by atoms with Gasteiger partial charge in [0.05, 0.1) is 0 Å². The van der Waals surface area contributed by atoms with Gasteiger partial charge in [0.15, 0.2) is 0 Å². The summed E-state index contributed by atoms with van der Waals surface area (Å²) in [4.78, 5) is 12.2. The fourth-order valence-electron chi connectivity index (χ4n) is 2.15. The van der Waals surface area contributed by atoms with Crippen LogP contribution in [0, 0.1) is 0 Å². The first kappa shape index (κ1) is 17.9. The molecule has 26 heavy (non-hydrogen) atoms. The Morgan fingerprint density at radius 2 is 1.62 bits per heavy atom. The zero-order valence-electron chi connectivity index (χ0n) is 14.3. The van der Waals surface area contributed by atoms with E-state index in [1.54, 1.807) is 24.3 Å². The monoisotopic (exact) mass is 369 g/mol. The average Bonchev–Trinajstić information content (AvgIpc) is 3.14. The van der Waals surface area contributed by atoms with Crippen molar-refractivity contribution < 1.29 is 14.3 Å². The second-order valence-electron chi connectivity index (χ2n) is 5.34. The summed E-state index contributed by atoms with van der Waals surface area (Å²) in [5.74, 6) is 1.27. The molecule has 1 heterocycles. The minimum atomic E-state index is -0.220. The maximum absolute atomic E-state index is 12.2. The average molecular weight is 369 g/mol. The van der Waals surface area contributed by atoms with Crippen molar-refractivity contribution in [3.05, 3.63) is 65.2 Å². The number of para-hydroxylation sites is 1. The number of benzene rings is 2. The Morgan fingerprint density at radius 3 is 2.23 bits per heavy atom. The van der Waals surface area contributed by atoms with Gasteiger partial charge in [-0.05, 0) is 42.8 Å². The molecule has 0 atom stereocenters. The van der Waals surface area contributed by atoms with Crippen LogP contribution in [0.25, 0.3) is 0 Å². The summed E-state index contributed by atoms with van der Waals surface area (Å²) in [6.45, 7) is 2.86. The number of hydrogen-bond acceptors (Lipinski definition) is 6. The highest BCUT2D eigenvalue weighted by molar-refractivity contribution is 7.15. The van der Waals surface area contributed by atoms with Gasteiger partial charge in [0.1, 0.15) is 29.7 Å². The molecule has 0 aliphatic heterocycles. The third-order valence-corrected chi connectivity index (χ3v) is 4.45. The molecule has 0 spiro atoms. The summed E-state index contributed by atoms with van der Waals surface area (Å²) in [5.41, 5.74) is 0.533. The van der Waals surface area contributed by atoms with E-state index in [1.807, 2.05) is 37.3 Å². The van der Waals surface area contributed by atoms with Crippen molar-refractivity contribution in [2.45, 2.75) is 13.3 Å². The Balaban J connectivity index is 1.46. The van der Waals surface area contributed by atoms with E-state index in [4.69, 9.17) is 9.47 Å². The van der Waals surface area contributed by atoms with Crippen LogP contribution in [0.4, 0.5) is 5.13 Å². The van der Waals surface area contributed by atoms with E-state index in [2.05, 4.69) is 15.5 Å². The maximum Gasteiger partial charge on any atom is 0.257 e. The lowest BCUT2D eigenvalue weighted by atomic mass is 10.2. The zero-order chi connectivity index (χ0) is 18.2. The molecule has 0 aliphatic rings. The summed E-state index contributed by atoms with van der Waals surface area (Å²) >= 11 is 1.38. The van der Waals surface area contributed by atoms with Crippen molar-refractivity contribution in [2.75, 3.05) is 18.5 Å². The first-order chi connectivity index (χ1) is 12.7. The van der Waals surface area contributed by atoms with Crippen LogP contribution in [0.1, 0.15) is 22.3 Å². The van der Waals surface area contributed by atoms with E-state index in [1.165, 1.54) is 11.3 Å². The lowest BCUT2D eigenvalue weighted by Gasteiger charge is -2.08. The van der Waals surface area contributed by atoms with Gasteiger partial charge in [-0.15, -0.1) is 10.2 Å². The molecule has 3 aromatic rings. The number of nitrogens with one attached hydrogen (secondary N) is 1. The molecule has 7 heteroatoms. The second-order valence-corrected chi connectivity index (χ2v) is 6.41. The van der Waals surface area contributed by atoms with Crippen molar-refractivity contribution in [3.63, 3.8) is 0 Å². The van der Waals surface area contributed by atoms with E-state index in [0.717, 1.165) is 17.2 Å². The number of nitrogens with zero attached hydrogens (tertiary/aromatic N) is 2. The molecule has 1 N–H and O–H groups in total. The first-order valence-electron chi connectivity index (χ1n) is 8.29. The molecule has 0 bridgehead atoms. The van der Waals surface area contributed by atoms with Crippen LogP contribution < -0.4 is 14.8 Å². The topological polar surface area (TPSA) is 73.3 Å². The first-order valence-corrected chi connectivity index (χ1v) is 9.10. The van der Waals surface area contributed by atoms with Crippen LogP contribution in [0.3, 0.4) is 0 Å². The summed E-state index contributed by atoms with van der Waals surface area (Å²) in [6.07, 6.45) is 0.799. The maximum atomic E-state index is 12.2. The predicted molar refractivity (Wildman–Crippen MR) is 101 cm³/mol. The van der Waals surface area contributed by atoms with Gasteiger partial charge < -0.3 is 9.47 Å². The quantitative estimate of drug-likeness (QED) is 0.611. The highest BCUT2D eigenvalue weighted by Crippen LogP contribution is 2.18. The number of carbonyl (C=O) groups excluding carboxylic acids is 1. The van der Waals surface area contributed by atoms with Crippen molar-refractivity contribution in [2.24, 2.45) is 0 Å². The van der Waals surface area contributed by atoms with Crippen molar-refractivity contribution >= 4 is 22.4 Å². The number of amides is 1. The predicted octanol–water partition coefficient (Wildman–Crippen LogP) is 3.81. The highest BCUT2D eigenvalue weighted by Gasteiger charge is 2.09. The van der Waals surface area contributed by atoms with Gasteiger partial charge in [0, 0.05) is 5.56 Å². The van der Waals surface area contributed by atoms with E-state index in [-0.39, 0.29) is 5.91 Å². The fourth-order valence-corrected chi connectivity index (χ4v) is 2.83. The smallest absolute Gasteiger partial charge is 0.257 e. The van der Waals surface area contributed by atoms with Crippen LogP contribution >= 0.6 is 11.3 Å². The van der Waals surface area contributed by atoms with Crippen molar-refractivity contribution in [1.29, 1.82) is 0 Å². The largest absolute Gasteiger partial charge is 0.490 e. The van der Waals surface area contributed by atoms with Crippen LogP contribution in [0.15, 0.2) is 54.6 Å². The lowest BCUT2D eigenvalue weighted by Crippen LogP contribution is -2.12. The third-order valence-electron chi connectivity index (χ3n) is 3.47. The standard InChI is InChI=1S/C19H19N3O3S/c1-2-17-21-22-19(26-17)20-18(23)14-8-10-16(11-9-14)25-13-12-24-15-6-4-3-5-7-15/h3-11H,2,12-13H2,1H3,(H,20,22,23). The number of rotatable bonds is 8. The number of hydrogen-bond donors (Lipinski definition) is 1. The minimum absolute atomic E-state index is 0.220. The number of carbonyl (C=O) groups is 1. The van der Waals surface area contributed by atoms with Gasteiger partial charge in [-0.3, -0.25) is 10.1 Å². The molecule has 3 rings (SSSR count). The Morgan fingerprint density at radius 1 is 0.962 bits per heavy atom. The van der Waals surface area contributed by atoms with Gasteiger partial charge in [0.2, 0.25) is 5.13 Å². The number of aryl methyl sites for hydroxylation is 1. The SMILES string of the molecule is CCc1nnc(NC(=O)c2ccc(OCCOc3ccccc3)cc2)s1. The Kier molecular flexibility index (Phi) is 6.16. The van der Waals surface area contributed by atoms with Gasteiger partial charge in [-0.25, -0.2) is 0 Å². The van der Waals surface area contributed by atoms with Crippen LogP contribution in [-0.2, 0) is 6.42 Å². The number of ether oxygens (including phenoxy) is 2. The number of aromatic nitrogens is 2. The van der Waals surface area contributed by atoms with E-state index in [9.17, 15) is 4.79 Å².